The predicted octanol–water partition coefficient (Wildman–Crippen LogP) is 3.24. The Morgan fingerprint density at radius 2 is 0.404 bits per heavy atom. The van der Waals surface area contributed by atoms with Crippen molar-refractivity contribution >= 4 is 28.0 Å². The zero-order chi connectivity index (χ0) is 39.2. The van der Waals surface area contributed by atoms with Crippen molar-refractivity contribution in [2.45, 2.75) is 0 Å². The SMILES string of the molecule is COCCOC.Fc1c(F)c(F)c([B-](c2c(F)c(F)c(F)c(F)c2F)(c2c(F)c(F)c(F)c(F)c2F)c2c(F)c(F)c(F)c(F)c2F)c(F)c1F.[H-].[K+]. The second-order valence-corrected chi connectivity index (χ2v) is 9.79. The van der Waals surface area contributed by atoms with Crippen LogP contribution in [0.4, 0.5) is 87.8 Å². The van der Waals surface area contributed by atoms with Crippen LogP contribution in [0.25, 0.3) is 0 Å². The fraction of sp³-hybridized carbons (Fsp3) is 0.143. The average molecular weight is 809 g/mol. The zero-order valence-electron chi connectivity index (χ0n) is 26.4. The second-order valence-electron chi connectivity index (χ2n) is 9.79. The van der Waals surface area contributed by atoms with E-state index in [1.165, 1.54) is 0 Å². The monoisotopic (exact) mass is 809 g/mol. The van der Waals surface area contributed by atoms with Crippen molar-refractivity contribution in [3.8, 4) is 0 Å². The molecular formula is C28H11BF20KO2-. The molecule has 0 N–H and O–H groups in total. The Hall–Kier alpha value is -2.90. The summed E-state index contributed by atoms with van der Waals surface area (Å²) in [5.41, 5.74) is -14.3. The van der Waals surface area contributed by atoms with Crippen LogP contribution in [-0.4, -0.2) is 33.6 Å². The smallest absolute Gasteiger partial charge is 1.00 e. The summed E-state index contributed by atoms with van der Waals surface area (Å²) in [5, 5.41) is 0. The maximum absolute atomic E-state index is 15.4. The molecule has 4 aromatic rings. The molecule has 0 bridgehead atoms. The molecule has 0 spiro atoms. The number of methoxy groups -OCH3 is 2. The molecule has 0 radical (unpaired) electrons. The van der Waals surface area contributed by atoms with Crippen molar-refractivity contribution < 1.29 is 150 Å². The van der Waals surface area contributed by atoms with Gasteiger partial charge >= 0.3 is 51.4 Å². The minimum atomic E-state index is -7.22. The van der Waals surface area contributed by atoms with Gasteiger partial charge in [0.15, 0.2) is 69.8 Å². The predicted molar refractivity (Wildman–Crippen MR) is 134 cm³/mol. The molecular weight excluding hydrogens is 798 g/mol. The van der Waals surface area contributed by atoms with Crippen LogP contribution in [-0.2, 0) is 9.47 Å². The van der Waals surface area contributed by atoms with E-state index in [0.29, 0.717) is 13.2 Å². The summed E-state index contributed by atoms with van der Waals surface area (Å²) in [6.07, 6.45) is -7.22. The van der Waals surface area contributed by atoms with Crippen LogP contribution < -0.4 is 73.2 Å². The molecule has 0 aliphatic rings. The van der Waals surface area contributed by atoms with Crippen LogP contribution in [0.3, 0.4) is 0 Å². The topological polar surface area (TPSA) is 18.5 Å². The molecule has 4 aromatic carbocycles. The molecule has 0 unspecified atom stereocenters. The van der Waals surface area contributed by atoms with Crippen molar-refractivity contribution in [1.29, 1.82) is 0 Å². The summed E-state index contributed by atoms with van der Waals surface area (Å²) in [7, 11) is 3.30. The Kier molecular flexibility index (Phi) is 14.8. The van der Waals surface area contributed by atoms with Crippen LogP contribution in [0.5, 0.6) is 0 Å². The maximum Gasteiger partial charge on any atom is 1.00 e. The summed E-state index contributed by atoms with van der Waals surface area (Å²) in [4.78, 5) is 0. The van der Waals surface area contributed by atoms with Gasteiger partial charge in [-0.15, -0.1) is 21.9 Å². The van der Waals surface area contributed by atoms with Crippen molar-refractivity contribution in [1.82, 2.24) is 0 Å². The molecule has 0 saturated heterocycles. The van der Waals surface area contributed by atoms with E-state index in [1.54, 1.807) is 14.2 Å². The van der Waals surface area contributed by atoms with Crippen molar-refractivity contribution in [2.75, 3.05) is 27.4 Å². The van der Waals surface area contributed by atoms with Gasteiger partial charge in [0.2, 0.25) is 0 Å². The third kappa shape index (κ3) is 6.94. The summed E-state index contributed by atoms with van der Waals surface area (Å²) in [5.74, 6) is -71.4. The third-order valence-corrected chi connectivity index (χ3v) is 7.20. The maximum atomic E-state index is 15.4. The molecule has 0 saturated carbocycles. The van der Waals surface area contributed by atoms with Crippen LogP contribution in [0.2, 0.25) is 0 Å². The average Bonchev–Trinajstić information content (AvgIpc) is 3.10. The van der Waals surface area contributed by atoms with Gasteiger partial charge in [-0.05, 0) is 0 Å². The molecule has 0 amide bonds. The second kappa shape index (κ2) is 17.1. The minimum absolute atomic E-state index is 0. The van der Waals surface area contributed by atoms with Gasteiger partial charge in [-0.2, -0.15) is 0 Å². The quantitative estimate of drug-likeness (QED) is 0.0941. The molecule has 24 heteroatoms. The van der Waals surface area contributed by atoms with Gasteiger partial charge in [0, 0.05) is 14.2 Å². The summed E-state index contributed by atoms with van der Waals surface area (Å²) < 4.78 is 303. The number of ether oxygens (including phenoxy) is 2. The molecule has 0 aliphatic heterocycles. The Bertz CT molecular complexity index is 1660. The molecule has 0 atom stereocenters. The number of hydrogen-bond donors (Lipinski definition) is 0. The molecule has 0 fully saturated rings. The third-order valence-electron chi connectivity index (χ3n) is 7.20. The Morgan fingerprint density at radius 3 is 0.519 bits per heavy atom. The van der Waals surface area contributed by atoms with Gasteiger partial charge < -0.3 is 10.9 Å². The van der Waals surface area contributed by atoms with Crippen molar-refractivity contribution in [3.63, 3.8) is 0 Å². The first-order valence-electron chi connectivity index (χ1n) is 12.8. The molecule has 0 heterocycles. The van der Waals surface area contributed by atoms with Gasteiger partial charge in [0.1, 0.15) is 52.7 Å². The van der Waals surface area contributed by atoms with Crippen LogP contribution in [0.15, 0.2) is 0 Å². The first-order chi connectivity index (χ1) is 23.6. The number of rotatable bonds is 7. The van der Waals surface area contributed by atoms with Gasteiger partial charge in [-0.1, -0.05) is 0 Å². The number of benzene rings is 4. The van der Waals surface area contributed by atoms with Gasteiger partial charge in [0.25, 0.3) is 0 Å². The van der Waals surface area contributed by atoms with E-state index in [9.17, 15) is 52.7 Å². The Morgan fingerprint density at radius 1 is 0.288 bits per heavy atom. The number of hydrogen-bond acceptors (Lipinski definition) is 2. The fourth-order valence-corrected chi connectivity index (χ4v) is 5.04. The standard InChI is InChI=1S/C24BF20.C4H10O2.K.H/c26-5-1(6(27)14(35)21(42)13(5)34)25(2-7(28)15(36)22(43)16(37)8(2)29,3-9(30)17(38)23(44)18(39)10(3)31)4-11(32)19(40)24(45)20(41)12(4)33;1-5-3-4-6-2;;/h;3-4H2,1-2H3;;/q-1;;+1;-1. The van der Waals surface area contributed by atoms with Gasteiger partial charge in [-0.3, -0.25) is 0 Å². The Balaban J connectivity index is 0.00000162. The fourth-order valence-electron chi connectivity index (χ4n) is 5.04. The minimum Gasteiger partial charge on any atom is -1.00 e. The van der Waals surface area contributed by atoms with E-state index >= 15 is 35.1 Å². The van der Waals surface area contributed by atoms with Gasteiger partial charge in [-0.25, -0.2) is 87.8 Å². The normalized spacial score (nSPS) is 11.4. The van der Waals surface area contributed by atoms with Crippen LogP contribution in [0.1, 0.15) is 1.43 Å². The Labute approximate surface area is 320 Å². The molecule has 4 rings (SSSR count). The van der Waals surface area contributed by atoms with E-state index in [1.807, 2.05) is 0 Å². The molecule has 280 valence electrons. The summed E-state index contributed by atoms with van der Waals surface area (Å²) in [6.45, 7) is 1.38. The van der Waals surface area contributed by atoms with Crippen molar-refractivity contribution in [3.05, 3.63) is 116 Å². The van der Waals surface area contributed by atoms with Crippen LogP contribution >= 0.6 is 0 Å². The molecule has 0 aliphatic carbocycles. The van der Waals surface area contributed by atoms with E-state index in [-0.39, 0.29) is 52.8 Å². The first kappa shape index (κ1) is 45.3. The van der Waals surface area contributed by atoms with E-state index in [4.69, 9.17) is 0 Å². The van der Waals surface area contributed by atoms with Crippen molar-refractivity contribution in [2.24, 2.45) is 0 Å². The molecule has 0 aromatic heterocycles. The molecule has 2 nitrogen and oxygen atoms in total. The molecule has 52 heavy (non-hydrogen) atoms. The largest absolute Gasteiger partial charge is 1.00 e. The van der Waals surface area contributed by atoms with E-state index in [0.717, 1.165) is 0 Å². The number of halogens is 20. The van der Waals surface area contributed by atoms with Crippen LogP contribution in [0, 0.1) is 116 Å². The van der Waals surface area contributed by atoms with E-state index < -0.39 is 144 Å². The first-order valence-corrected chi connectivity index (χ1v) is 12.8. The van der Waals surface area contributed by atoms with E-state index in [2.05, 4.69) is 9.47 Å². The summed E-state index contributed by atoms with van der Waals surface area (Å²) in [6, 6.07) is 0. The summed E-state index contributed by atoms with van der Waals surface area (Å²) >= 11 is 0. The zero-order valence-corrected chi connectivity index (χ0v) is 28.5. The van der Waals surface area contributed by atoms with Gasteiger partial charge in [0.05, 0.1) is 13.2 Å².